The minimum atomic E-state index is -1.73. The molecule has 0 fully saturated rings. The Kier molecular flexibility index (Phi) is 5.10. The number of carboxylic acid groups (broad SMARTS) is 1. The first kappa shape index (κ1) is 16.7. The van der Waals surface area contributed by atoms with Crippen molar-refractivity contribution in [2.45, 2.75) is 19.8 Å². The van der Waals surface area contributed by atoms with Crippen LogP contribution in [-0.2, 0) is 6.54 Å². The fraction of sp³-hybridized carbons (Fsp3) is 0.176. The molecule has 0 bridgehead atoms. The van der Waals surface area contributed by atoms with Crippen molar-refractivity contribution < 1.29 is 24.9 Å². The lowest BCUT2D eigenvalue weighted by Crippen LogP contribution is -2.24. The number of hydrogen-bond donors (Lipinski definition) is 4. The highest BCUT2D eigenvalue weighted by molar-refractivity contribution is 5.95. The zero-order chi connectivity index (χ0) is 17.0. The maximum Gasteiger partial charge on any atom is 0.335 e. The van der Waals surface area contributed by atoms with Crippen LogP contribution >= 0.6 is 0 Å². The molecule has 2 rings (SSSR count). The number of hydrogen-bond acceptors (Lipinski definition) is 4. The van der Waals surface area contributed by atoms with E-state index in [4.69, 9.17) is 5.11 Å². The molecule has 0 aromatic heterocycles. The zero-order valence-corrected chi connectivity index (χ0v) is 12.5. The first-order valence-electron chi connectivity index (χ1n) is 6.96. The van der Waals surface area contributed by atoms with E-state index in [-0.39, 0.29) is 23.2 Å². The van der Waals surface area contributed by atoms with E-state index in [0.717, 1.165) is 5.56 Å². The molecule has 6 heteroatoms. The predicted molar refractivity (Wildman–Crippen MR) is 82.9 cm³/mol. The fourth-order valence-electron chi connectivity index (χ4n) is 2.28. The average molecular weight is 315 g/mol. The summed E-state index contributed by atoms with van der Waals surface area (Å²) in [6, 6.07) is 11.0. The van der Waals surface area contributed by atoms with Crippen LogP contribution in [0.25, 0.3) is 0 Å². The number of aliphatic hydroxyl groups excluding tert-OH is 1. The van der Waals surface area contributed by atoms with Crippen molar-refractivity contribution in [3.05, 3.63) is 70.3 Å². The third kappa shape index (κ3) is 3.94. The first-order valence-corrected chi connectivity index (χ1v) is 6.96. The van der Waals surface area contributed by atoms with Crippen LogP contribution in [0.2, 0.25) is 0 Å². The Labute approximate surface area is 133 Å². The van der Waals surface area contributed by atoms with Crippen molar-refractivity contribution in [1.29, 1.82) is 0 Å². The van der Waals surface area contributed by atoms with Gasteiger partial charge in [-0.2, -0.15) is 0 Å². The Morgan fingerprint density at radius 1 is 1.09 bits per heavy atom. The summed E-state index contributed by atoms with van der Waals surface area (Å²) < 4.78 is 0. The summed E-state index contributed by atoms with van der Waals surface area (Å²) in [6.45, 7) is 1.89. The van der Waals surface area contributed by atoms with Crippen LogP contribution < -0.4 is 5.32 Å². The van der Waals surface area contributed by atoms with Crippen LogP contribution in [0.1, 0.15) is 43.7 Å². The van der Waals surface area contributed by atoms with Crippen molar-refractivity contribution in [3.8, 4) is 0 Å². The number of carbonyl (C=O) groups excluding carboxylic acids is 1. The van der Waals surface area contributed by atoms with Crippen LogP contribution in [0.5, 0.6) is 0 Å². The standard InChI is InChI=1S/C17H17NO5/c1-10-8-11(6-7-12(10)16(20)21)9-18-15(19)13-4-2-3-5-14(13)17(22)23/h2-8,17,22-23H,9H2,1H3,(H,18,19)(H,20,21). The summed E-state index contributed by atoms with van der Waals surface area (Å²) in [5.74, 6) is -1.43. The monoisotopic (exact) mass is 315 g/mol. The van der Waals surface area contributed by atoms with Gasteiger partial charge in [0.25, 0.3) is 5.91 Å². The molecule has 4 N–H and O–H groups in total. The maximum atomic E-state index is 12.2. The molecule has 0 saturated heterocycles. The number of aliphatic hydroxyl groups is 2. The molecule has 1 amide bonds. The number of aryl methyl sites for hydroxylation is 1. The van der Waals surface area contributed by atoms with E-state index < -0.39 is 18.2 Å². The van der Waals surface area contributed by atoms with E-state index in [1.165, 1.54) is 18.2 Å². The number of aromatic carboxylic acids is 1. The minimum absolute atomic E-state index is 0.127. The van der Waals surface area contributed by atoms with Gasteiger partial charge in [-0.25, -0.2) is 4.79 Å². The lowest BCUT2D eigenvalue weighted by molar-refractivity contribution is -0.0429. The highest BCUT2D eigenvalue weighted by Crippen LogP contribution is 2.16. The molecule has 0 saturated carbocycles. The number of carboxylic acids is 1. The molecule has 120 valence electrons. The molecule has 0 unspecified atom stereocenters. The van der Waals surface area contributed by atoms with Crippen molar-refractivity contribution in [2.75, 3.05) is 0 Å². The Balaban J connectivity index is 2.11. The highest BCUT2D eigenvalue weighted by atomic mass is 16.5. The maximum absolute atomic E-state index is 12.2. The van der Waals surface area contributed by atoms with E-state index >= 15 is 0 Å². The summed E-state index contributed by atoms with van der Waals surface area (Å²) in [6.07, 6.45) is -1.73. The molecule has 2 aromatic carbocycles. The quantitative estimate of drug-likeness (QED) is 0.627. The van der Waals surface area contributed by atoms with Crippen molar-refractivity contribution in [3.63, 3.8) is 0 Å². The lowest BCUT2D eigenvalue weighted by Gasteiger charge is -2.12. The second-order valence-electron chi connectivity index (χ2n) is 5.10. The largest absolute Gasteiger partial charge is 0.478 e. The van der Waals surface area contributed by atoms with E-state index in [2.05, 4.69) is 5.32 Å². The Hall–Kier alpha value is -2.70. The molecular weight excluding hydrogens is 298 g/mol. The SMILES string of the molecule is Cc1cc(CNC(=O)c2ccccc2C(O)O)ccc1C(=O)O. The number of carbonyl (C=O) groups is 2. The van der Waals surface area contributed by atoms with Gasteiger partial charge < -0.3 is 20.6 Å². The van der Waals surface area contributed by atoms with E-state index in [1.807, 2.05) is 0 Å². The average Bonchev–Trinajstić information content (AvgIpc) is 2.52. The molecule has 0 spiro atoms. The molecule has 0 aliphatic heterocycles. The van der Waals surface area contributed by atoms with Crippen LogP contribution in [0, 0.1) is 6.92 Å². The molecule has 0 radical (unpaired) electrons. The molecule has 0 aliphatic rings. The molecule has 6 nitrogen and oxygen atoms in total. The molecule has 0 aliphatic carbocycles. The predicted octanol–water partition coefficient (Wildman–Crippen LogP) is 1.61. The highest BCUT2D eigenvalue weighted by Gasteiger charge is 2.15. The van der Waals surface area contributed by atoms with Crippen LogP contribution in [0.15, 0.2) is 42.5 Å². The Morgan fingerprint density at radius 2 is 1.78 bits per heavy atom. The molecule has 23 heavy (non-hydrogen) atoms. The normalized spacial score (nSPS) is 10.6. The van der Waals surface area contributed by atoms with Crippen molar-refractivity contribution in [1.82, 2.24) is 5.32 Å². The van der Waals surface area contributed by atoms with E-state index in [1.54, 1.807) is 31.2 Å². The Morgan fingerprint density at radius 3 is 2.39 bits per heavy atom. The molecule has 0 atom stereocenters. The van der Waals surface area contributed by atoms with Crippen molar-refractivity contribution >= 4 is 11.9 Å². The van der Waals surface area contributed by atoms with Gasteiger partial charge in [0.1, 0.15) is 0 Å². The van der Waals surface area contributed by atoms with Gasteiger partial charge in [-0.1, -0.05) is 30.3 Å². The lowest BCUT2D eigenvalue weighted by atomic mass is 10.0. The van der Waals surface area contributed by atoms with E-state index in [0.29, 0.717) is 5.56 Å². The van der Waals surface area contributed by atoms with Gasteiger partial charge in [-0.05, 0) is 30.2 Å². The third-order valence-electron chi connectivity index (χ3n) is 3.46. The minimum Gasteiger partial charge on any atom is -0.478 e. The Bertz CT molecular complexity index is 740. The molecule has 0 heterocycles. The van der Waals surface area contributed by atoms with Gasteiger partial charge in [0, 0.05) is 17.7 Å². The van der Waals surface area contributed by atoms with Crippen LogP contribution in [0.4, 0.5) is 0 Å². The molecular formula is C17H17NO5. The van der Waals surface area contributed by atoms with Gasteiger partial charge in [0.15, 0.2) is 6.29 Å². The summed E-state index contributed by atoms with van der Waals surface area (Å²) in [7, 11) is 0. The zero-order valence-electron chi connectivity index (χ0n) is 12.5. The van der Waals surface area contributed by atoms with Gasteiger partial charge >= 0.3 is 5.97 Å². The smallest absolute Gasteiger partial charge is 0.335 e. The fourth-order valence-corrected chi connectivity index (χ4v) is 2.28. The van der Waals surface area contributed by atoms with Gasteiger partial charge in [0.05, 0.1) is 5.56 Å². The first-order chi connectivity index (χ1) is 10.9. The van der Waals surface area contributed by atoms with Gasteiger partial charge in [-0.3, -0.25) is 4.79 Å². The van der Waals surface area contributed by atoms with Crippen molar-refractivity contribution in [2.24, 2.45) is 0 Å². The summed E-state index contributed by atoms with van der Waals surface area (Å²) >= 11 is 0. The number of nitrogens with one attached hydrogen (secondary N) is 1. The number of benzene rings is 2. The van der Waals surface area contributed by atoms with E-state index in [9.17, 15) is 19.8 Å². The number of rotatable bonds is 5. The molecule has 2 aromatic rings. The second-order valence-corrected chi connectivity index (χ2v) is 5.10. The van der Waals surface area contributed by atoms with Gasteiger partial charge in [0.2, 0.25) is 0 Å². The van der Waals surface area contributed by atoms with Crippen LogP contribution in [0.3, 0.4) is 0 Å². The van der Waals surface area contributed by atoms with Gasteiger partial charge in [-0.15, -0.1) is 0 Å². The topological polar surface area (TPSA) is 107 Å². The number of amides is 1. The summed E-state index contributed by atoms with van der Waals surface area (Å²) in [5, 5.41) is 30.2. The second kappa shape index (κ2) is 7.04. The summed E-state index contributed by atoms with van der Waals surface area (Å²) in [4.78, 5) is 23.1. The summed E-state index contributed by atoms with van der Waals surface area (Å²) in [5.41, 5.74) is 1.89. The van der Waals surface area contributed by atoms with Crippen LogP contribution in [-0.4, -0.2) is 27.2 Å². The third-order valence-corrected chi connectivity index (χ3v) is 3.46.